The van der Waals surface area contributed by atoms with E-state index in [1.807, 2.05) is 11.3 Å². The van der Waals surface area contributed by atoms with Crippen LogP contribution in [0.3, 0.4) is 0 Å². The van der Waals surface area contributed by atoms with Gasteiger partial charge in [0.25, 0.3) is 0 Å². The number of hydrogen-bond acceptors (Lipinski definition) is 3. The van der Waals surface area contributed by atoms with E-state index in [1.165, 1.54) is 23.3 Å². The van der Waals surface area contributed by atoms with E-state index in [0.29, 0.717) is 18.1 Å². The van der Waals surface area contributed by atoms with Gasteiger partial charge in [-0.2, -0.15) is 0 Å². The highest BCUT2D eigenvalue weighted by Gasteiger charge is 2.33. The number of thiophene rings is 1. The molecule has 0 bridgehead atoms. The first kappa shape index (κ1) is 13.1. The van der Waals surface area contributed by atoms with Crippen molar-refractivity contribution >= 4 is 11.3 Å². The van der Waals surface area contributed by atoms with E-state index in [9.17, 15) is 0 Å². The molecule has 17 heavy (non-hydrogen) atoms. The SMILES string of the molecule is CCCNC(c1sccc1C)C1OCCC1C. The molecule has 2 rings (SSSR count). The van der Waals surface area contributed by atoms with Crippen LogP contribution in [0.1, 0.15) is 43.2 Å². The average Bonchev–Trinajstić information content (AvgIpc) is 2.90. The Balaban J connectivity index is 2.15. The molecule has 0 aromatic carbocycles. The van der Waals surface area contributed by atoms with Gasteiger partial charge >= 0.3 is 0 Å². The molecule has 1 saturated heterocycles. The van der Waals surface area contributed by atoms with E-state index in [1.54, 1.807) is 0 Å². The van der Waals surface area contributed by atoms with Gasteiger partial charge in [0.1, 0.15) is 0 Å². The number of hydrogen-bond donors (Lipinski definition) is 1. The van der Waals surface area contributed by atoms with E-state index in [-0.39, 0.29) is 0 Å². The lowest BCUT2D eigenvalue weighted by Crippen LogP contribution is -2.35. The van der Waals surface area contributed by atoms with Crippen molar-refractivity contribution < 1.29 is 4.74 Å². The first-order chi connectivity index (χ1) is 8.24. The van der Waals surface area contributed by atoms with Crippen LogP contribution in [-0.2, 0) is 4.74 Å². The van der Waals surface area contributed by atoms with Crippen molar-refractivity contribution in [1.82, 2.24) is 5.32 Å². The lowest BCUT2D eigenvalue weighted by molar-refractivity contribution is 0.0616. The van der Waals surface area contributed by atoms with Crippen molar-refractivity contribution in [3.8, 4) is 0 Å². The summed E-state index contributed by atoms with van der Waals surface area (Å²) in [7, 11) is 0. The van der Waals surface area contributed by atoms with Crippen LogP contribution in [0.25, 0.3) is 0 Å². The monoisotopic (exact) mass is 253 g/mol. The highest BCUT2D eigenvalue weighted by Crippen LogP contribution is 2.35. The fourth-order valence-corrected chi connectivity index (χ4v) is 3.54. The van der Waals surface area contributed by atoms with E-state index in [4.69, 9.17) is 4.74 Å². The Hall–Kier alpha value is -0.380. The van der Waals surface area contributed by atoms with Crippen molar-refractivity contribution in [2.24, 2.45) is 5.92 Å². The Kier molecular flexibility index (Phi) is 4.60. The first-order valence-electron chi connectivity index (χ1n) is 6.63. The van der Waals surface area contributed by atoms with Gasteiger partial charge in [0.05, 0.1) is 12.1 Å². The molecule has 0 saturated carbocycles. The number of ether oxygens (including phenoxy) is 1. The molecule has 96 valence electrons. The lowest BCUT2D eigenvalue weighted by Gasteiger charge is -2.27. The normalized spacial score (nSPS) is 26.3. The maximum absolute atomic E-state index is 5.95. The summed E-state index contributed by atoms with van der Waals surface area (Å²) in [4.78, 5) is 1.46. The molecule has 0 aliphatic carbocycles. The molecule has 1 aliphatic rings. The van der Waals surface area contributed by atoms with Crippen molar-refractivity contribution in [3.05, 3.63) is 21.9 Å². The van der Waals surface area contributed by atoms with Gasteiger partial charge in [-0.15, -0.1) is 11.3 Å². The third kappa shape index (κ3) is 2.90. The van der Waals surface area contributed by atoms with Crippen molar-refractivity contribution in [1.29, 1.82) is 0 Å². The van der Waals surface area contributed by atoms with Crippen LogP contribution in [-0.4, -0.2) is 19.3 Å². The number of aryl methyl sites for hydroxylation is 1. The Morgan fingerprint density at radius 2 is 2.41 bits per heavy atom. The fourth-order valence-electron chi connectivity index (χ4n) is 2.50. The summed E-state index contributed by atoms with van der Waals surface area (Å²) in [6.45, 7) is 8.70. The minimum atomic E-state index is 0.346. The standard InChI is InChI=1S/C14H23NOS/c1-4-7-15-12(13-10(2)5-8-16-13)14-11(3)6-9-17-14/h6,9-10,12-13,15H,4-5,7-8H2,1-3H3. The molecule has 0 spiro atoms. The first-order valence-corrected chi connectivity index (χ1v) is 7.51. The molecule has 0 radical (unpaired) electrons. The second-order valence-electron chi connectivity index (χ2n) is 5.00. The van der Waals surface area contributed by atoms with Gasteiger partial charge in [-0.3, -0.25) is 0 Å². The summed E-state index contributed by atoms with van der Waals surface area (Å²) < 4.78 is 5.95. The third-order valence-electron chi connectivity index (χ3n) is 3.57. The van der Waals surface area contributed by atoms with E-state index in [0.717, 1.165) is 13.2 Å². The fraction of sp³-hybridized carbons (Fsp3) is 0.714. The quantitative estimate of drug-likeness (QED) is 0.867. The Bertz CT molecular complexity index is 350. The van der Waals surface area contributed by atoms with Gasteiger partial charge in [0, 0.05) is 11.5 Å². The topological polar surface area (TPSA) is 21.3 Å². The van der Waals surface area contributed by atoms with Crippen molar-refractivity contribution in [2.45, 2.75) is 45.8 Å². The second kappa shape index (κ2) is 5.98. The Morgan fingerprint density at radius 1 is 1.59 bits per heavy atom. The summed E-state index contributed by atoms with van der Waals surface area (Å²) in [5.41, 5.74) is 1.39. The molecular formula is C14H23NOS. The van der Waals surface area contributed by atoms with E-state index < -0.39 is 0 Å². The highest BCUT2D eigenvalue weighted by atomic mass is 32.1. The van der Waals surface area contributed by atoms with Crippen LogP contribution < -0.4 is 5.32 Å². The van der Waals surface area contributed by atoms with Crippen molar-refractivity contribution in [2.75, 3.05) is 13.2 Å². The van der Waals surface area contributed by atoms with Crippen LogP contribution in [0.5, 0.6) is 0 Å². The minimum Gasteiger partial charge on any atom is -0.376 e. The molecular weight excluding hydrogens is 230 g/mol. The van der Waals surface area contributed by atoms with Gasteiger partial charge in [0.15, 0.2) is 0 Å². The van der Waals surface area contributed by atoms with Gasteiger partial charge < -0.3 is 10.1 Å². The predicted octanol–water partition coefficient (Wildman–Crippen LogP) is 3.52. The van der Waals surface area contributed by atoms with E-state index in [2.05, 4.69) is 37.5 Å². The maximum Gasteiger partial charge on any atom is 0.0804 e. The van der Waals surface area contributed by atoms with Crippen LogP contribution >= 0.6 is 11.3 Å². The summed E-state index contributed by atoms with van der Waals surface area (Å²) in [6, 6.07) is 2.59. The van der Waals surface area contributed by atoms with Crippen LogP contribution in [0, 0.1) is 12.8 Å². The number of rotatable bonds is 5. The second-order valence-corrected chi connectivity index (χ2v) is 5.95. The summed E-state index contributed by atoms with van der Waals surface area (Å²) in [6.07, 6.45) is 2.71. The molecule has 2 heterocycles. The highest BCUT2D eigenvalue weighted by molar-refractivity contribution is 7.10. The molecule has 3 heteroatoms. The van der Waals surface area contributed by atoms with Gasteiger partial charge in [-0.05, 0) is 49.2 Å². The van der Waals surface area contributed by atoms with Crippen LogP contribution in [0.4, 0.5) is 0 Å². The molecule has 3 atom stereocenters. The minimum absolute atomic E-state index is 0.346. The average molecular weight is 253 g/mol. The Labute approximate surface area is 108 Å². The van der Waals surface area contributed by atoms with Gasteiger partial charge in [-0.25, -0.2) is 0 Å². The summed E-state index contributed by atoms with van der Waals surface area (Å²) in [5.74, 6) is 0.658. The van der Waals surface area contributed by atoms with Gasteiger partial charge in [-0.1, -0.05) is 13.8 Å². The molecule has 2 nitrogen and oxygen atoms in total. The third-order valence-corrected chi connectivity index (χ3v) is 4.67. The smallest absolute Gasteiger partial charge is 0.0804 e. The van der Waals surface area contributed by atoms with Crippen LogP contribution in [0.15, 0.2) is 11.4 Å². The van der Waals surface area contributed by atoms with Gasteiger partial charge in [0.2, 0.25) is 0 Å². The maximum atomic E-state index is 5.95. The summed E-state index contributed by atoms with van der Waals surface area (Å²) >= 11 is 1.85. The molecule has 1 fully saturated rings. The lowest BCUT2D eigenvalue weighted by atomic mass is 9.95. The number of nitrogens with one attached hydrogen (secondary N) is 1. The molecule has 1 N–H and O–H groups in total. The zero-order chi connectivity index (χ0) is 12.3. The summed E-state index contributed by atoms with van der Waals surface area (Å²) in [5, 5.41) is 5.86. The Morgan fingerprint density at radius 3 is 2.94 bits per heavy atom. The van der Waals surface area contributed by atoms with Crippen LogP contribution in [0.2, 0.25) is 0 Å². The molecule has 1 aromatic rings. The van der Waals surface area contributed by atoms with E-state index >= 15 is 0 Å². The molecule has 0 amide bonds. The molecule has 1 aliphatic heterocycles. The largest absolute Gasteiger partial charge is 0.376 e. The molecule has 3 unspecified atom stereocenters. The predicted molar refractivity (Wildman–Crippen MR) is 73.6 cm³/mol. The zero-order valence-corrected chi connectivity index (χ0v) is 11.8. The van der Waals surface area contributed by atoms with Crippen molar-refractivity contribution in [3.63, 3.8) is 0 Å². The zero-order valence-electron chi connectivity index (χ0n) is 11.0. The molecule has 1 aromatic heterocycles.